The second-order valence-electron chi connectivity index (χ2n) is 8.42. The van der Waals surface area contributed by atoms with Crippen LogP contribution in [0, 0.1) is 5.82 Å². The van der Waals surface area contributed by atoms with Crippen molar-refractivity contribution in [1.29, 1.82) is 0 Å². The molecule has 0 bridgehead atoms. The van der Waals surface area contributed by atoms with Gasteiger partial charge in [0.05, 0.1) is 35.3 Å². The number of fused-ring (bicyclic) bond motifs is 1. The summed E-state index contributed by atoms with van der Waals surface area (Å²) in [6.07, 6.45) is -0.0678. The number of nitrogens with one attached hydrogen (secondary N) is 1. The van der Waals surface area contributed by atoms with Gasteiger partial charge in [0, 0.05) is 18.0 Å². The van der Waals surface area contributed by atoms with Crippen LogP contribution < -0.4 is 5.32 Å². The highest BCUT2D eigenvalue weighted by atomic mass is 19.4. The monoisotopic (exact) mass is 512 g/mol. The fourth-order valence-corrected chi connectivity index (χ4v) is 3.58. The minimum absolute atomic E-state index is 0.0305. The first-order valence-corrected chi connectivity index (χ1v) is 10.3. The van der Waals surface area contributed by atoms with Crippen molar-refractivity contribution in [2.75, 3.05) is 0 Å². The molecule has 0 aliphatic heterocycles. The molecule has 0 fully saturated rings. The predicted molar refractivity (Wildman–Crippen MR) is 113 cm³/mol. The third-order valence-electron chi connectivity index (χ3n) is 5.32. The Balaban J connectivity index is 1.67. The first-order chi connectivity index (χ1) is 16.8. The second-order valence-corrected chi connectivity index (χ2v) is 8.42. The number of alkyl halides is 5. The Labute approximate surface area is 199 Å². The Morgan fingerprint density at radius 2 is 1.83 bits per heavy atom. The van der Waals surface area contributed by atoms with Crippen molar-refractivity contribution in [2.45, 2.75) is 38.2 Å². The van der Waals surface area contributed by atoms with Gasteiger partial charge in [-0.2, -0.15) is 32.1 Å². The average molecular weight is 512 g/mol. The lowest BCUT2D eigenvalue weighted by atomic mass is 9.90. The summed E-state index contributed by atoms with van der Waals surface area (Å²) in [6, 6.07) is 2.24. The van der Waals surface area contributed by atoms with E-state index in [2.05, 4.69) is 20.5 Å². The minimum Gasteiger partial charge on any atom is -0.388 e. The molecule has 0 saturated carbocycles. The van der Waals surface area contributed by atoms with Gasteiger partial charge in [0.25, 0.3) is 5.91 Å². The number of aromatic nitrogens is 5. The van der Waals surface area contributed by atoms with Gasteiger partial charge in [-0.25, -0.2) is 18.6 Å². The Kier molecular flexibility index (Phi) is 6.24. The maximum atomic E-state index is 14.2. The third-order valence-corrected chi connectivity index (χ3v) is 5.32. The first-order valence-electron chi connectivity index (χ1n) is 10.3. The molecule has 2 N–H and O–H groups in total. The normalized spacial score (nSPS) is 13.4. The fourth-order valence-electron chi connectivity index (χ4n) is 3.58. The quantitative estimate of drug-likeness (QED) is 0.374. The molecule has 1 atom stereocenters. The number of hydrogen-bond donors (Lipinski definition) is 2. The van der Waals surface area contributed by atoms with Crippen molar-refractivity contribution in [3.05, 3.63) is 71.6 Å². The van der Waals surface area contributed by atoms with Crippen molar-refractivity contribution in [1.82, 2.24) is 29.7 Å². The summed E-state index contributed by atoms with van der Waals surface area (Å²) in [4.78, 5) is 17.4. The number of carbonyl (C=O) groups is 1. The molecule has 8 nitrogen and oxygen atoms in total. The predicted octanol–water partition coefficient (Wildman–Crippen LogP) is 4.39. The van der Waals surface area contributed by atoms with E-state index in [1.165, 1.54) is 43.0 Å². The van der Waals surface area contributed by atoms with Crippen LogP contribution in [-0.2, 0) is 6.18 Å². The fraction of sp³-hybridized carbons (Fsp3) is 0.273. The summed E-state index contributed by atoms with van der Waals surface area (Å²) in [5.74, 6) is -2.37. The molecule has 1 unspecified atom stereocenters. The topological polar surface area (TPSA) is 97.3 Å². The summed E-state index contributed by atoms with van der Waals surface area (Å²) < 4.78 is 80.4. The van der Waals surface area contributed by atoms with Crippen molar-refractivity contribution < 1.29 is 36.2 Å². The molecular weight excluding hydrogens is 494 g/mol. The number of rotatable bonds is 6. The molecule has 14 heteroatoms. The number of carbonyl (C=O) groups excluding carboxylic acids is 1. The Bertz CT molecular complexity index is 1420. The lowest BCUT2D eigenvalue weighted by molar-refractivity contribution is -0.140. The zero-order valence-corrected chi connectivity index (χ0v) is 18.6. The van der Waals surface area contributed by atoms with Gasteiger partial charge in [-0.1, -0.05) is 6.07 Å². The van der Waals surface area contributed by atoms with E-state index in [9.17, 15) is 36.2 Å². The average Bonchev–Trinajstić information content (AvgIpc) is 3.42. The molecule has 0 saturated heterocycles. The van der Waals surface area contributed by atoms with Crippen LogP contribution in [0.1, 0.15) is 47.9 Å². The van der Waals surface area contributed by atoms with E-state index in [1.807, 2.05) is 0 Å². The molecule has 0 aliphatic rings. The molecule has 1 aromatic carbocycles. The second kappa shape index (κ2) is 8.93. The summed E-state index contributed by atoms with van der Waals surface area (Å²) >= 11 is 0. The molecule has 4 aromatic rings. The summed E-state index contributed by atoms with van der Waals surface area (Å²) in [5, 5.41) is 20.6. The Hall–Kier alpha value is -3.94. The largest absolute Gasteiger partial charge is 0.419 e. The molecule has 36 heavy (non-hydrogen) atoms. The van der Waals surface area contributed by atoms with Gasteiger partial charge in [-0.15, -0.1) is 0 Å². The van der Waals surface area contributed by atoms with Gasteiger partial charge in [-0.3, -0.25) is 4.79 Å². The van der Waals surface area contributed by atoms with E-state index in [1.54, 1.807) is 0 Å². The van der Waals surface area contributed by atoms with Crippen LogP contribution in [-0.4, -0.2) is 41.0 Å². The van der Waals surface area contributed by atoms with E-state index >= 15 is 0 Å². The van der Waals surface area contributed by atoms with Crippen molar-refractivity contribution >= 4 is 11.6 Å². The molecule has 190 valence electrons. The van der Waals surface area contributed by atoms with Crippen molar-refractivity contribution in [3.63, 3.8) is 0 Å². The lowest BCUT2D eigenvalue weighted by Crippen LogP contribution is -2.42. The molecule has 4 rings (SSSR count). The zero-order valence-electron chi connectivity index (χ0n) is 18.6. The van der Waals surface area contributed by atoms with Gasteiger partial charge >= 0.3 is 12.7 Å². The zero-order chi connectivity index (χ0) is 26.4. The molecule has 0 spiro atoms. The molecular formula is C22H18F6N6O2. The van der Waals surface area contributed by atoms with Gasteiger partial charge in [0.2, 0.25) is 0 Å². The van der Waals surface area contributed by atoms with E-state index < -0.39 is 41.7 Å². The lowest BCUT2D eigenvalue weighted by Gasteiger charge is -2.30. The van der Waals surface area contributed by atoms with Crippen LogP contribution >= 0.6 is 0 Å². The SMILES string of the molecule is CC(C)(O)C(NC(=O)c1cnn2ccc(-c3cnn(C(F)F)c3)nc12)c1ccc(C(F)(F)F)c(F)c1. The van der Waals surface area contributed by atoms with Crippen molar-refractivity contribution in [2.24, 2.45) is 0 Å². The summed E-state index contributed by atoms with van der Waals surface area (Å²) in [7, 11) is 0. The Morgan fingerprint density at radius 3 is 2.42 bits per heavy atom. The smallest absolute Gasteiger partial charge is 0.388 e. The number of hydrogen-bond acceptors (Lipinski definition) is 5. The minimum atomic E-state index is -4.91. The molecule has 1 amide bonds. The first kappa shape index (κ1) is 25.2. The van der Waals surface area contributed by atoms with E-state index in [-0.39, 0.29) is 28.0 Å². The van der Waals surface area contributed by atoms with Gasteiger partial charge in [0.15, 0.2) is 5.65 Å². The van der Waals surface area contributed by atoms with Crippen molar-refractivity contribution in [3.8, 4) is 11.3 Å². The number of benzene rings is 1. The number of nitrogens with zero attached hydrogens (tertiary/aromatic N) is 5. The molecule has 3 aromatic heterocycles. The highest BCUT2D eigenvalue weighted by molar-refractivity contribution is 6.00. The number of amides is 1. The van der Waals surface area contributed by atoms with E-state index in [0.717, 1.165) is 12.3 Å². The highest BCUT2D eigenvalue weighted by Gasteiger charge is 2.36. The standard InChI is InChI=1S/C22H18F6N6O2/c1-21(2,36)17(11-3-4-14(15(23)7-11)22(26,27)28)32-19(35)13-9-30-33-6-5-16(31-18(13)33)12-8-29-34(10-12)20(24)25/h3-10,17,20,36H,1-2H3,(H,32,35). The van der Waals surface area contributed by atoms with Crippen LogP contribution in [0.2, 0.25) is 0 Å². The molecule has 0 aliphatic carbocycles. The molecule has 3 heterocycles. The third kappa shape index (κ3) is 4.89. The number of halogens is 6. The Morgan fingerprint density at radius 1 is 1.11 bits per heavy atom. The summed E-state index contributed by atoms with van der Waals surface area (Å²) in [5.41, 5.74) is -2.89. The van der Waals surface area contributed by atoms with Crippen LogP contribution in [0.3, 0.4) is 0 Å². The van der Waals surface area contributed by atoms with Crippen LogP contribution in [0.4, 0.5) is 26.3 Å². The number of aliphatic hydroxyl groups is 1. The van der Waals surface area contributed by atoms with Crippen LogP contribution in [0.25, 0.3) is 16.9 Å². The van der Waals surface area contributed by atoms with Gasteiger partial charge in [0.1, 0.15) is 11.4 Å². The van der Waals surface area contributed by atoms with Crippen LogP contribution in [0.5, 0.6) is 0 Å². The van der Waals surface area contributed by atoms with E-state index in [4.69, 9.17) is 0 Å². The van der Waals surface area contributed by atoms with Crippen LogP contribution in [0.15, 0.2) is 49.1 Å². The highest BCUT2D eigenvalue weighted by Crippen LogP contribution is 2.34. The van der Waals surface area contributed by atoms with E-state index in [0.29, 0.717) is 16.8 Å². The molecule has 0 radical (unpaired) electrons. The van der Waals surface area contributed by atoms with Gasteiger partial charge < -0.3 is 10.4 Å². The summed E-state index contributed by atoms with van der Waals surface area (Å²) in [6.45, 7) is -0.269. The van der Waals surface area contributed by atoms with Gasteiger partial charge in [-0.05, 0) is 37.6 Å². The maximum Gasteiger partial charge on any atom is 0.419 e. The maximum absolute atomic E-state index is 14.2.